The number of ether oxygens (including phenoxy) is 2. The van der Waals surface area contributed by atoms with Gasteiger partial charge < -0.3 is 9.47 Å². The minimum Gasteiger partial charge on any atom is -0.497 e. The van der Waals surface area contributed by atoms with E-state index < -0.39 is 5.97 Å². The van der Waals surface area contributed by atoms with Gasteiger partial charge in [-0.2, -0.15) is 5.10 Å². The minimum absolute atomic E-state index is 0.179. The van der Waals surface area contributed by atoms with Gasteiger partial charge in [0.2, 0.25) is 5.91 Å². The number of nitrogens with zero attached hydrogens (tertiary/aromatic N) is 2. The zero-order valence-electron chi connectivity index (χ0n) is 15.2. The Morgan fingerprint density at radius 2 is 1.85 bits per heavy atom. The van der Waals surface area contributed by atoms with Gasteiger partial charge >= 0.3 is 5.97 Å². The number of amides is 1. The molecule has 0 spiro atoms. The molecular weight excluding hydrogens is 368 g/mol. The molecule has 6 nitrogen and oxygen atoms in total. The highest BCUT2D eigenvalue weighted by atomic mass is 35.5. The molecule has 0 fully saturated rings. The van der Waals surface area contributed by atoms with Crippen molar-refractivity contribution in [2.75, 3.05) is 7.11 Å². The molecule has 0 saturated carbocycles. The van der Waals surface area contributed by atoms with Crippen molar-refractivity contribution in [3.8, 4) is 11.5 Å². The third-order valence-corrected chi connectivity index (χ3v) is 4.47. The van der Waals surface area contributed by atoms with Crippen molar-refractivity contribution in [1.82, 2.24) is 5.01 Å². The van der Waals surface area contributed by atoms with E-state index in [1.165, 1.54) is 18.9 Å². The van der Waals surface area contributed by atoms with Gasteiger partial charge in [0.15, 0.2) is 0 Å². The molecule has 1 amide bonds. The average molecular weight is 387 g/mol. The van der Waals surface area contributed by atoms with E-state index in [0.717, 1.165) is 11.3 Å². The highest BCUT2D eigenvalue weighted by Gasteiger charge is 2.32. The van der Waals surface area contributed by atoms with Gasteiger partial charge in [-0.25, -0.2) is 5.01 Å². The summed E-state index contributed by atoms with van der Waals surface area (Å²) in [4.78, 5) is 23.6. The van der Waals surface area contributed by atoms with Crippen LogP contribution >= 0.6 is 11.6 Å². The Balaban J connectivity index is 1.98. The largest absolute Gasteiger partial charge is 0.497 e. The van der Waals surface area contributed by atoms with Gasteiger partial charge in [0.1, 0.15) is 11.5 Å². The number of benzene rings is 2. The molecule has 0 aromatic heterocycles. The van der Waals surface area contributed by atoms with Gasteiger partial charge in [-0.1, -0.05) is 23.7 Å². The molecule has 0 saturated heterocycles. The van der Waals surface area contributed by atoms with Crippen molar-refractivity contribution in [2.24, 2.45) is 5.10 Å². The molecule has 27 heavy (non-hydrogen) atoms. The monoisotopic (exact) mass is 386 g/mol. The Labute approximate surface area is 162 Å². The summed E-state index contributed by atoms with van der Waals surface area (Å²) in [7, 11) is 1.60. The fourth-order valence-corrected chi connectivity index (χ4v) is 3.19. The van der Waals surface area contributed by atoms with Crippen LogP contribution in [0.3, 0.4) is 0 Å². The van der Waals surface area contributed by atoms with Crippen molar-refractivity contribution in [1.29, 1.82) is 0 Å². The molecule has 0 unspecified atom stereocenters. The predicted octanol–water partition coefficient (Wildman–Crippen LogP) is 3.97. The van der Waals surface area contributed by atoms with E-state index in [0.29, 0.717) is 28.5 Å². The maximum absolute atomic E-state index is 12.1. The number of methoxy groups -OCH3 is 1. The van der Waals surface area contributed by atoms with Crippen LogP contribution in [0.4, 0.5) is 0 Å². The first kappa shape index (κ1) is 18.9. The van der Waals surface area contributed by atoms with Crippen molar-refractivity contribution in [3.05, 3.63) is 58.6 Å². The quantitative estimate of drug-likeness (QED) is 0.589. The normalized spacial score (nSPS) is 16.1. The average Bonchev–Trinajstić information content (AvgIpc) is 3.08. The lowest BCUT2D eigenvalue weighted by Crippen LogP contribution is -2.24. The van der Waals surface area contributed by atoms with E-state index in [9.17, 15) is 9.59 Å². The molecule has 2 aromatic carbocycles. The van der Waals surface area contributed by atoms with E-state index >= 15 is 0 Å². The van der Waals surface area contributed by atoms with Crippen molar-refractivity contribution < 1.29 is 19.1 Å². The predicted molar refractivity (Wildman–Crippen MR) is 102 cm³/mol. The van der Waals surface area contributed by atoms with Crippen LogP contribution in [0.15, 0.2) is 47.6 Å². The van der Waals surface area contributed by atoms with E-state index in [1.54, 1.807) is 25.3 Å². The lowest BCUT2D eigenvalue weighted by molar-refractivity contribution is -0.132. The molecule has 0 N–H and O–H groups in total. The molecule has 0 aliphatic carbocycles. The van der Waals surface area contributed by atoms with Gasteiger partial charge in [-0.3, -0.25) is 9.59 Å². The highest BCUT2D eigenvalue weighted by molar-refractivity contribution is 6.31. The number of carbonyl (C=O) groups excluding carboxylic acids is 2. The number of rotatable bonds is 4. The Hall–Kier alpha value is -2.86. The van der Waals surface area contributed by atoms with Crippen LogP contribution in [0.1, 0.15) is 37.4 Å². The first-order chi connectivity index (χ1) is 12.9. The topological polar surface area (TPSA) is 68.2 Å². The van der Waals surface area contributed by atoms with Crippen LogP contribution in [0, 0.1) is 0 Å². The Kier molecular flexibility index (Phi) is 5.46. The summed E-state index contributed by atoms with van der Waals surface area (Å²) in [6.45, 7) is 2.80. The van der Waals surface area contributed by atoms with Crippen LogP contribution in [-0.4, -0.2) is 29.7 Å². The lowest BCUT2D eigenvalue weighted by Gasteiger charge is -2.20. The molecular formula is C20H19ClN2O4. The van der Waals surface area contributed by atoms with Crippen molar-refractivity contribution >= 4 is 29.2 Å². The van der Waals surface area contributed by atoms with Gasteiger partial charge in [0.25, 0.3) is 0 Å². The number of esters is 1. The molecule has 2 aromatic rings. The smallest absolute Gasteiger partial charge is 0.308 e. The summed E-state index contributed by atoms with van der Waals surface area (Å²) < 4.78 is 10.5. The third kappa shape index (κ3) is 4.11. The Morgan fingerprint density at radius 1 is 1.15 bits per heavy atom. The SMILES string of the molecule is COc1ccc([C@@H]2CC(c3cc(Cl)ccc3OC(C)=O)=NN2C(C)=O)cc1. The summed E-state index contributed by atoms with van der Waals surface area (Å²) in [6, 6.07) is 12.2. The molecule has 0 radical (unpaired) electrons. The van der Waals surface area contributed by atoms with Crippen LogP contribution in [-0.2, 0) is 9.59 Å². The van der Waals surface area contributed by atoms with Crippen LogP contribution in [0.25, 0.3) is 0 Å². The summed E-state index contributed by atoms with van der Waals surface area (Å²) in [5.74, 6) is 0.484. The van der Waals surface area contributed by atoms with E-state index in [2.05, 4.69) is 5.10 Å². The van der Waals surface area contributed by atoms with Gasteiger partial charge in [-0.05, 0) is 35.9 Å². The number of halogens is 1. The van der Waals surface area contributed by atoms with Crippen molar-refractivity contribution in [2.45, 2.75) is 26.3 Å². The Morgan fingerprint density at radius 3 is 2.44 bits per heavy atom. The van der Waals surface area contributed by atoms with E-state index in [-0.39, 0.29) is 11.9 Å². The first-order valence-corrected chi connectivity index (χ1v) is 8.76. The molecule has 0 bridgehead atoms. The third-order valence-electron chi connectivity index (χ3n) is 4.24. The summed E-state index contributed by atoms with van der Waals surface area (Å²) in [5.41, 5.74) is 2.16. The second kappa shape index (κ2) is 7.80. The maximum Gasteiger partial charge on any atom is 0.308 e. The zero-order valence-corrected chi connectivity index (χ0v) is 16.0. The lowest BCUT2D eigenvalue weighted by atomic mass is 9.98. The van der Waals surface area contributed by atoms with Crippen LogP contribution < -0.4 is 9.47 Å². The second-order valence-electron chi connectivity index (χ2n) is 6.14. The van der Waals surface area contributed by atoms with Gasteiger partial charge in [0.05, 0.1) is 18.9 Å². The number of hydrogen-bond acceptors (Lipinski definition) is 5. The van der Waals surface area contributed by atoms with Crippen LogP contribution in [0.2, 0.25) is 5.02 Å². The summed E-state index contributed by atoms with van der Waals surface area (Å²) in [5, 5.41) is 6.42. The maximum atomic E-state index is 12.1. The molecule has 1 aliphatic rings. The van der Waals surface area contributed by atoms with Crippen molar-refractivity contribution in [3.63, 3.8) is 0 Å². The fourth-order valence-electron chi connectivity index (χ4n) is 3.02. The zero-order chi connectivity index (χ0) is 19.6. The minimum atomic E-state index is -0.438. The molecule has 140 valence electrons. The number of hydrazone groups is 1. The summed E-state index contributed by atoms with van der Waals surface area (Å²) >= 11 is 6.13. The molecule has 3 rings (SSSR count). The van der Waals surface area contributed by atoms with Gasteiger partial charge in [-0.15, -0.1) is 0 Å². The first-order valence-electron chi connectivity index (χ1n) is 8.38. The summed E-state index contributed by atoms with van der Waals surface area (Å²) in [6.07, 6.45) is 0.473. The van der Waals surface area contributed by atoms with E-state index in [4.69, 9.17) is 21.1 Å². The van der Waals surface area contributed by atoms with Gasteiger partial charge in [0, 0.05) is 30.9 Å². The highest BCUT2D eigenvalue weighted by Crippen LogP contribution is 2.36. The number of carbonyl (C=O) groups is 2. The molecule has 1 heterocycles. The molecule has 1 atom stereocenters. The number of hydrogen-bond donors (Lipinski definition) is 0. The standard InChI is InChI=1S/C20H19ClN2O4/c1-12(24)23-19(14-4-7-16(26-3)8-5-14)11-18(22-23)17-10-15(21)6-9-20(17)27-13(2)25/h4-10,19H,11H2,1-3H3/t19-/m0/s1. The second-order valence-corrected chi connectivity index (χ2v) is 6.57. The Bertz CT molecular complexity index is 909. The molecule has 1 aliphatic heterocycles. The van der Waals surface area contributed by atoms with Crippen LogP contribution in [0.5, 0.6) is 11.5 Å². The fraction of sp³-hybridized carbons (Fsp3) is 0.250. The molecule has 7 heteroatoms. The van der Waals surface area contributed by atoms with E-state index in [1.807, 2.05) is 24.3 Å².